The Labute approximate surface area is 130 Å². The lowest BCUT2D eigenvalue weighted by Gasteiger charge is -2.23. The summed E-state index contributed by atoms with van der Waals surface area (Å²) in [6, 6.07) is 19.3. The van der Waals surface area contributed by atoms with E-state index in [2.05, 4.69) is 75.4 Å². The van der Waals surface area contributed by atoms with Crippen LogP contribution in [0.5, 0.6) is 0 Å². The second kappa shape index (κ2) is 4.61. The average molecular weight is 288 g/mol. The molecule has 0 aliphatic rings. The van der Waals surface area contributed by atoms with Crippen molar-refractivity contribution in [2.45, 2.75) is 32.6 Å². The second-order valence-corrected chi connectivity index (χ2v) is 6.69. The van der Waals surface area contributed by atoms with Gasteiger partial charge in [-0.3, -0.25) is 0 Å². The minimum absolute atomic E-state index is 0.114. The molecule has 110 valence electrons. The Balaban J connectivity index is 2.18. The van der Waals surface area contributed by atoms with Crippen LogP contribution in [0.2, 0.25) is 0 Å². The van der Waals surface area contributed by atoms with E-state index in [9.17, 15) is 0 Å². The van der Waals surface area contributed by atoms with Crippen LogP contribution in [0.1, 0.15) is 32.8 Å². The summed E-state index contributed by atoms with van der Waals surface area (Å²) >= 11 is 0. The van der Waals surface area contributed by atoms with Crippen LogP contribution in [-0.4, -0.2) is 0 Å². The molecule has 0 bridgehead atoms. The van der Waals surface area contributed by atoms with Gasteiger partial charge in [-0.1, -0.05) is 69.3 Å². The van der Waals surface area contributed by atoms with Crippen molar-refractivity contribution in [3.63, 3.8) is 0 Å². The fourth-order valence-electron chi connectivity index (χ4n) is 3.25. The molecule has 1 heterocycles. The van der Waals surface area contributed by atoms with Crippen LogP contribution in [0.4, 0.5) is 0 Å². The number of furan rings is 1. The molecule has 4 aromatic rings. The van der Waals surface area contributed by atoms with Gasteiger partial charge in [-0.15, -0.1) is 0 Å². The highest BCUT2D eigenvalue weighted by atomic mass is 16.3. The molecule has 4 rings (SSSR count). The number of rotatable bonds is 2. The second-order valence-electron chi connectivity index (χ2n) is 6.69. The normalized spacial score (nSPS) is 12.5. The van der Waals surface area contributed by atoms with Crippen molar-refractivity contribution in [2.24, 2.45) is 0 Å². The molecule has 0 aliphatic carbocycles. The predicted octanol–water partition coefficient (Wildman–Crippen LogP) is 6.43. The van der Waals surface area contributed by atoms with E-state index in [4.69, 9.17) is 4.42 Å². The molecule has 0 fully saturated rings. The molecule has 0 spiro atoms. The van der Waals surface area contributed by atoms with Crippen LogP contribution < -0.4 is 0 Å². The molecule has 0 saturated heterocycles. The molecular formula is C21H20O. The lowest BCUT2D eigenvalue weighted by atomic mass is 9.81. The van der Waals surface area contributed by atoms with Gasteiger partial charge in [-0.05, 0) is 23.3 Å². The highest BCUT2D eigenvalue weighted by Crippen LogP contribution is 2.39. The number of benzene rings is 3. The molecule has 0 saturated carbocycles. The van der Waals surface area contributed by atoms with Crippen molar-refractivity contribution < 1.29 is 4.42 Å². The molecule has 1 aromatic heterocycles. The van der Waals surface area contributed by atoms with E-state index in [1.54, 1.807) is 0 Å². The summed E-state index contributed by atoms with van der Waals surface area (Å²) in [5, 5.41) is 4.85. The van der Waals surface area contributed by atoms with Gasteiger partial charge in [0, 0.05) is 21.7 Å². The molecule has 22 heavy (non-hydrogen) atoms. The third-order valence-corrected chi connectivity index (χ3v) is 5.00. The molecule has 0 aliphatic heterocycles. The van der Waals surface area contributed by atoms with Crippen LogP contribution in [0, 0.1) is 0 Å². The van der Waals surface area contributed by atoms with Crippen LogP contribution in [0.25, 0.3) is 32.7 Å². The smallest absolute Gasteiger partial charge is 0.143 e. The molecular weight excluding hydrogens is 268 g/mol. The fourth-order valence-corrected chi connectivity index (χ4v) is 3.25. The van der Waals surface area contributed by atoms with Gasteiger partial charge in [0.15, 0.2) is 0 Å². The fraction of sp³-hybridized carbons (Fsp3) is 0.238. The first-order valence-electron chi connectivity index (χ1n) is 7.95. The standard InChI is InChI=1S/C21H20O/c1-4-21(2,3)18-11-7-10-16-17-13-12-14-8-5-6-9-15(14)19(17)22-20(16)18/h5-13H,4H2,1-3H3. The predicted molar refractivity (Wildman–Crippen MR) is 94.5 cm³/mol. The minimum atomic E-state index is 0.114. The minimum Gasteiger partial charge on any atom is -0.455 e. The highest BCUT2D eigenvalue weighted by Gasteiger charge is 2.23. The summed E-state index contributed by atoms with van der Waals surface area (Å²) in [6.07, 6.45) is 1.09. The largest absolute Gasteiger partial charge is 0.455 e. The highest BCUT2D eigenvalue weighted by molar-refractivity contribution is 6.15. The molecule has 1 heteroatoms. The summed E-state index contributed by atoms with van der Waals surface area (Å²) < 4.78 is 6.39. The molecule has 0 amide bonds. The van der Waals surface area contributed by atoms with E-state index in [-0.39, 0.29) is 5.41 Å². The average Bonchev–Trinajstić information content (AvgIpc) is 2.93. The van der Waals surface area contributed by atoms with Gasteiger partial charge in [0.05, 0.1) is 0 Å². The SMILES string of the molecule is CCC(C)(C)c1cccc2c1oc1c3ccccc3ccc21. The summed E-state index contributed by atoms with van der Waals surface area (Å²) in [7, 11) is 0. The van der Waals surface area contributed by atoms with Crippen LogP contribution in [0.15, 0.2) is 59.0 Å². The number of hydrogen-bond donors (Lipinski definition) is 0. The summed E-state index contributed by atoms with van der Waals surface area (Å²) in [5.41, 5.74) is 3.46. The van der Waals surface area contributed by atoms with E-state index in [1.807, 2.05) is 0 Å². The van der Waals surface area contributed by atoms with Gasteiger partial charge in [0.1, 0.15) is 11.2 Å². The lowest BCUT2D eigenvalue weighted by molar-refractivity contribution is 0.500. The lowest BCUT2D eigenvalue weighted by Crippen LogP contribution is -2.15. The van der Waals surface area contributed by atoms with Crippen molar-refractivity contribution >= 4 is 32.7 Å². The monoisotopic (exact) mass is 288 g/mol. The maximum Gasteiger partial charge on any atom is 0.143 e. The van der Waals surface area contributed by atoms with Gasteiger partial charge in [0.25, 0.3) is 0 Å². The van der Waals surface area contributed by atoms with Crippen LogP contribution >= 0.6 is 0 Å². The maximum absolute atomic E-state index is 6.39. The maximum atomic E-state index is 6.39. The molecule has 0 unspecified atom stereocenters. The molecule has 0 N–H and O–H groups in total. The van der Waals surface area contributed by atoms with Crippen molar-refractivity contribution in [3.8, 4) is 0 Å². The Hall–Kier alpha value is -2.28. The van der Waals surface area contributed by atoms with E-state index >= 15 is 0 Å². The zero-order valence-corrected chi connectivity index (χ0v) is 13.3. The van der Waals surface area contributed by atoms with E-state index < -0.39 is 0 Å². The van der Waals surface area contributed by atoms with Gasteiger partial charge in [-0.2, -0.15) is 0 Å². The van der Waals surface area contributed by atoms with E-state index in [0.29, 0.717) is 0 Å². The Morgan fingerprint density at radius 3 is 2.32 bits per heavy atom. The van der Waals surface area contributed by atoms with E-state index in [0.717, 1.165) is 17.6 Å². The first-order valence-corrected chi connectivity index (χ1v) is 7.95. The van der Waals surface area contributed by atoms with Crippen molar-refractivity contribution in [1.29, 1.82) is 0 Å². The summed E-state index contributed by atoms with van der Waals surface area (Å²) in [4.78, 5) is 0. The Kier molecular flexibility index (Phi) is 2.80. The van der Waals surface area contributed by atoms with Gasteiger partial charge in [-0.25, -0.2) is 0 Å². The zero-order chi connectivity index (χ0) is 15.3. The Morgan fingerprint density at radius 2 is 1.50 bits per heavy atom. The van der Waals surface area contributed by atoms with Gasteiger partial charge in [0.2, 0.25) is 0 Å². The molecule has 0 atom stereocenters. The van der Waals surface area contributed by atoms with E-state index in [1.165, 1.54) is 27.1 Å². The third-order valence-electron chi connectivity index (χ3n) is 5.00. The molecule has 1 nitrogen and oxygen atoms in total. The summed E-state index contributed by atoms with van der Waals surface area (Å²) in [5.74, 6) is 0. The topological polar surface area (TPSA) is 13.1 Å². The number of hydrogen-bond acceptors (Lipinski definition) is 1. The van der Waals surface area contributed by atoms with Crippen LogP contribution in [-0.2, 0) is 5.41 Å². The quantitative estimate of drug-likeness (QED) is 0.414. The number of fused-ring (bicyclic) bond motifs is 5. The molecule has 0 radical (unpaired) electrons. The van der Waals surface area contributed by atoms with Crippen LogP contribution in [0.3, 0.4) is 0 Å². The first-order chi connectivity index (χ1) is 10.6. The van der Waals surface area contributed by atoms with Crippen molar-refractivity contribution in [1.82, 2.24) is 0 Å². The van der Waals surface area contributed by atoms with Gasteiger partial charge >= 0.3 is 0 Å². The first kappa shape index (κ1) is 13.4. The molecule has 3 aromatic carbocycles. The van der Waals surface area contributed by atoms with Gasteiger partial charge < -0.3 is 4.42 Å². The Bertz CT molecular complexity index is 989. The third kappa shape index (κ3) is 1.78. The summed E-state index contributed by atoms with van der Waals surface area (Å²) in [6.45, 7) is 6.80. The Morgan fingerprint density at radius 1 is 0.773 bits per heavy atom. The van der Waals surface area contributed by atoms with Crippen molar-refractivity contribution in [3.05, 3.63) is 60.2 Å². The zero-order valence-electron chi connectivity index (χ0n) is 13.3. The van der Waals surface area contributed by atoms with Crippen molar-refractivity contribution in [2.75, 3.05) is 0 Å². The number of para-hydroxylation sites is 1.